The van der Waals surface area contributed by atoms with Crippen LogP contribution >= 0.6 is 0 Å². The lowest BCUT2D eigenvalue weighted by Gasteiger charge is -2.12. The number of ether oxygens (including phenoxy) is 1. The van der Waals surface area contributed by atoms with E-state index in [0.717, 1.165) is 11.3 Å². The summed E-state index contributed by atoms with van der Waals surface area (Å²) in [6.45, 7) is 5.62. The first-order valence-electron chi connectivity index (χ1n) is 4.81. The van der Waals surface area contributed by atoms with Crippen LogP contribution in [0.5, 0.6) is 5.88 Å². The van der Waals surface area contributed by atoms with E-state index in [9.17, 15) is 4.39 Å². The van der Waals surface area contributed by atoms with E-state index in [4.69, 9.17) is 4.74 Å². The van der Waals surface area contributed by atoms with E-state index >= 15 is 0 Å². The summed E-state index contributed by atoms with van der Waals surface area (Å²) in [6.07, 6.45) is 0. The van der Waals surface area contributed by atoms with E-state index in [1.165, 1.54) is 0 Å². The normalized spacial score (nSPS) is 10.6. The van der Waals surface area contributed by atoms with E-state index in [1.807, 2.05) is 19.1 Å². The van der Waals surface area contributed by atoms with Gasteiger partial charge >= 0.3 is 0 Å². The van der Waals surface area contributed by atoms with E-state index in [0.29, 0.717) is 11.8 Å². The molecule has 0 aliphatic carbocycles. The molecular formula is C11H16FNO. The van der Waals surface area contributed by atoms with Crippen LogP contribution in [0.25, 0.3) is 0 Å². The van der Waals surface area contributed by atoms with Crippen molar-refractivity contribution in [3.8, 4) is 5.88 Å². The molecular weight excluding hydrogens is 181 g/mol. The van der Waals surface area contributed by atoms with Gasteiger partial charge < -0.3 is 4.74 Å². The average Bonchev–Trinajstić information content (AvgIpc) is 2.14. The molecule has 1 heterocycles. The van der Waals surface area contributed by atoms with Crippen molar-refractivity contribution in [2.75, 3.05) is 13.3 Å². The molecule has 0 spiro atoms. The van der Waals surface area contributed by atoms with Gasteiger partial charge in [0.05, 0.1) is 0 Å². The number of halogens is 1. The first kappa shape index (κ1) is 11.0. The van der Waals surface area contributed by atoms with Gasteiger partial charge in [-0.25, -0.2) is 9.37 Å². The van der Waals surface area contributed by atoms with Crippen molar-refractivity contribution < 1.29 is 9.13 Å². The highest BCUT2D eigenvalue weighted by molar-refractivity contribution is 5.30. The van der Waals surface area contributed by atoms with Crippen LogP contribution < -0.4 is 4.74 Å². The van der Waals surface area contributed by atoms with Gasteiger partial charge in [-0.1, -0.05) is 19.9 Å². The SMILES string of the molecule is Cc1ccc(C(C)C)c(OCCF)n1. The zero-order valence-electron chi connectivity index (χ0n) is 8.88. The summed E-state index contributed by atoms with van der Waals surface area (Å²) < 4.78 is 17.2. The molecule has 0 bridgehead atoms. The summed E-state index contributed by atoms with van der Waals surface area (Å²) in [7, 11) is 0. The lowest BCUT2D eigenvalue weighted by atomic mass is 10.0. The number of aryl methyl sites for hydroxylation is 1. The van der Waals surface area contributed by atoms with E-state index in [-0.39, 0.29) is 6.61 Å². The highest BCUT2D eigenvalue weighted by Gasteiger charge is 2.09. The van der Waals surface area contributed by atoms with E-state index in [1.54, 1.807) is 0 Å². The molecule has 1 rings (SSSR count). The van der Waals surface area contributed by atoms with Crippen molar-refractivity contribution in [1.82, 2.24) is 4.98 Å². The van der Waals surface area contributed by atoms with Gasteiger partial charge in [-0.15, -0.1) is 0 Å². The van der Waals surface area contributed by atoms with Gasteiger partial charge in [0.25, 0.3) is 0 Å². The molecule has 2 nitrogen and oxygen atoms in total. The quantitative estimate of drug-likeness (QED) is 0.740. The Morgan fingerprint density at radius 3 is 2.71 bits per heavy atom. The van der Waals surface area contributed by atoms with Crippen LogP contribution in [0.15, 0.2) is 12.1 Å². The number of nitrogens with zero attached hydrogens (tertiary/aromatic N) is 1. The van der Waals surface area contributed by atoms with Crippen LogP contribution in [0.2, 0.25) is 0 Å². The molecule has 1 aromatic rings. The molecule has 0 aromatic carbocycles. The number of hydrogen-bond acceptors (Lipinski definition) is 2. The van der Waals surface area contributed by atoms with E-state index < -0.39 is 6.67 Å². The maximum Gasteiger partial charge on any atom is 0.217 e. The molecule has 0 radical (unpaired) electrons. The second-order valence-corrected chi connectivity index (χ2v) is 3.54. The molecule has 0 amide bonds. The molecule has 78 valence electrons. The largest absolute Gasteiger partial charge is 0.475 e. The predicted molar refractivity (Wildman–Crippen MR) is 54.5 cm³/mol. The minimum Gasteiger partial charge on any atom is -0.475 e. The third kappa shape index (κ3) is 2.69. The summed E-state index contributed by atoms with van der Waals surface area (Å²) in [4.78, 5) is 4.24. The maximum absolute atomic E-state index is 12.0. The van der Waals surface area contributed by atoms with Crippen molar-refractivity contribution in [2.45, 2.75) is 26.7 Å². The van der Waals surface area contributed by atoms with Gasteiger partial charge in [0.1, 0.15) is 13.3 Å². The van der Waals surface area contributed by atoms with Crippen LogP contribution in [0.3, 0.4) is 0 Å². The Morgan fingerprint density at radius 2 is 2.14 bits per heavy atom. The molecule has 0 aliphatic heterocycles. The molecule has 14 heavy (non-hydrogen) atoms. The minimum atomic E-state index is -0.479. The number of rotatable bonds is 4. The van der Waals surface area contributed by atoms with Gasteiger partial charge in [-0.2, -0.15) is 0 Å². The lowest BCUT2D eigenvalue weighted by Crippen LogP contribution is -2.05. The highest BCUT2D eigenvalue weighted by atomic mass is 19.1. The number of alkyl halides is 1. The van der Waals surface area contributed by atoms with Crippen LogP contribution in [0, 0.1) is 6.92 Å². The third-order valence-corrected chi connectivity index (χ3v) is 1.97. The molecule has 1 aromatic heterocycles. The number of hydrogen-bond donors (Lipinski definition) is 0. The Balaban J connectivity index is 2.91. The Morgan fingerprint density at radius 1 is 1.43 bits per heavy atom. The first-order chi connectivity index (χ1) is 6.65. The lowest BCUT2D eigenvalue weighted by molar-refractivity contribution is 0.261. The average molecular weight is 197 g/mol. The zero-order valence-corrected chi connectivity index (χ0v) is 8.88. The molecule has 0 saturated heterocycles. The van der Waals surface area contributed by atoms with Gasteiger partial charge in [0, 0.05) is 11.3 Å². The van der Waals surface area contributed by atoms with E-state index in [2.05, 4.69) is 18.8 Å². The molecule has 0 saturated carbocycles. The predicted octanol–water partition coefficient (Wildman–Crippen LogP) is 2.86. The molecule has 0 atom stereocenters. The zero-order chi connectivity index (χ0) is 10.6. The fourth-order valence-corrected chi connectivity index (χ4v) is 1.23. The summed E-state index contributed by atoms with van der Waals surface area (Å²) in [5.41, 5.74) is 1.92. The molecule has 0 N–H and O–H groups in total. The highest BCUT2D eigenvalue weighted by Crippen LogP contribution is 2.24. The standard InChI is InChI=1S/C11H16FNO/c1-8(2)10-5-4-9(3)13-11(10)14-7-6-12/h4-5,8H,6-7H2,1-3H3. The number of pyridine rings is 1. The van der Waals surface area contributed by atoms with Crippen LogP contribution in [0.1, 0.15) is 31.0 Å². The van der Waals surface area contributed by atoms with Crippen LogP contribution in [-0.4, -0.2) is 18.3 Å². The minimum absolute atomic E-state index is 0.0795. The summed E-state index contributed by atoms with van der Waals surface area (Å²) in [6, 6.07) is 3.93. The fourth-order valence-electron chi connectivity index (χ4n) is 1.23. The van der Waals surface area contributed by atoms with Gasteiger partial charge in [0.2, 0.25) is 5.88 Å². The van der Waals surface area contributed by atoms with Crippen molar-refractivity contribution in [2.24, 2.45) is 0 Å². The summed E-state index contributed by atoms with van der Waals surface area (Å²) >= 11 is 0. The van der Waals surface area contributed by atoms with Crippen molar-refractivity contribution in [1.29, 1.82) is 0 Å². The van der Waals surface area contributed by atoms with Crippen LogP contribution in [0.4, 0.5) is 4.39 Å². The third-order valence-electron chi connectivity index (χ3n) is 1.97. The Hall–Kier alpha value is -1.12. The molecule has 0 aliphatic rings. The summed E-state index contributed by atoms with van der Waals surface area (Å²) in [5.74, 6) is 0.912. The Kier molecular flexibility index (Phi) is 3.86. The Bertz CT molecular complexity index is 299. The number of aromatic nitrogens is 1. The van der Waals surface area contributed by atoms with Gasteiger partial charge in [-0.3, -0.25) is 0 Å². The molecule has 3 heteroatoms. The fraction of sp³-hybridized carbons (Fsp3) is 0.545. The smallest absolute Gasteiger partial charge is 0.217 e. The molecule has 0 fully saturated rings. The first-order valence-corrected chi connectivity index (χ1v) is 4.81. The molecule has 0 unspecified atom stereocenters. The Labute approximate surface area is 84.1 Å². The maximum atomic E-state index is 12.0. The van der Waals surface area contributed by atoms with Gasteiger partial charge in [0.15, 0.2) is 0 Å². The van der Waals surface area contributed by atoms with Crippen molar-refractivity contribution in [3.63, 3.8) is 0 Å². The summed E-state index contributed by atoms with van der Waals surface area (Å²) in [5, 5.41) is 0. The topological polar surface area (TPSA) is 22.1 Å². The second-order valence-electron chi connectivity index (χ2n) is 3.54. The second kappa shape index (κ2) is 4.94. The van der Waals surface area contributed by atoms with Crippen LogP contribution in [-0.2, 0) is 0 Å². The monoisotopic (exact) mass is 197 g/mol. The van der Waals surface area contributed by atoms with Crippen molar-refractivity contribution in [3.05, 3.63) is 23.4 Å². The van der Waals surface area contributed by atoms with Crippen molar-refractivity contribution >= 4 is 0 Å². The van der Waals surface area contributed by atoms with Gasteiger partial charge in [-0.05, 0) is 18.9 Å².